The highest BCUT2D eigenvalue weighted by Crippen LogP contribution is 2.40. The third kappa shape index (κ3) is 4.94. The standard InChI is InChI=1S/C26H30N2O5/c1-18-7-9-19(10-8-18)24(29)22-23(20-5-3-6-21(17-20)32-2)28(26(31)25(22)30)12-4-11-27-13-15-33-16-14-27/h3,5-10,17,23,29H,4,11-16H2,1-2H3/p+1. The molecule has 2 N–H and O–H groups in total. The molecule has 2 aromatic rings. The molecule has 174 valence electrons. The van der Waals surface area contributed by atoms with Crippen molar-refractivity contribution < 1.29 is 29.1 Å². The molecule has 0 saturated carbocycles. The smallest absolute Gasteiger partial charge is 0.295 e. The molecule has 2 aliphatic rings. The molecular weight excluding hydrogens is 420 g/mol. The molecule has 2 fully saturated rings. The van der Waals surface area contributed by atoms with Gasteiger partial charge in [-0.3, -0.25) is 9.59 Å². The van der Waals surface area contributed by atoms with Gasteiger partial charge in [-0.05, 0) is 24.6 Å². The summed E-state index contributed by atoms with van der Waals surface area (Å²) in [5.41, 5.74) is 2.42. The van der Waals surface area contributed by atoms with Crippen LogP contribution in [0.5, 0.6) is 5.75 Å². The minimum absolute atomic E-state index is 0.121. The molecule has 4 rings (SSSR count). The fraction of sp³-hybridized carbons (Fsp3) is 0.385. The average Bonchev–Trinajstić information content (AvgIpc) is 3.10. The number of nitrogens with one attached hydrogen (secondary N) is 1. The maximum atomic E-state index is 13.1. The number of hydrogen-bond acceptors (Lipinski definition) is 5. The van der Waals surface area contributed by atoms with E-state index < -0.39 is 17.7 Å². The number of aliphatic hydroxyl groups is 1. The molecule has 0 radical (unpaired) electrons. The summed E-state index contributed by atoms with van der Waals surface area (Å²) in [5, 5.41) is 11.1. The molecule has 0 aromatic heterocycles. The van der Waals surface area contributed by atoms with Crippen molar-refractivity contribution in [2.24, 2.45) is 0 Å². The van der Waals surface area contributed by atoms with E-state index in [1.807, 2.05) is 43.3 Å². The number of carbonyl (C=O) groups is 2. The van der Waals surface area contributed by atoms with Gasteiger partial charge in [0, 0.05) is 18.5 Å². The first-order chi connectivity index (χ1) is 16.0. The maximum absolute atomic E-state index is 13.1. The van der Waals surface area contributed by atoms with Gasteiger partial charge in [-0.25, -0.2) is 0 Å². The van der Waals surface area contributed by atoms with E-state index in [4.69, 9.17) is 9.47 Å². The fourth-order valence-corrected chi connectivity index (χ4v) is 4.55. The van der Waals surface area contributed by atoms with Gasteiger partial charge < -0.3 is 24.4 Å². The van der Waals surface area contributed by atoms with Gasteiger partial charge in [0.2, 0.25) is 0 Å². The van der Waals surface area contributed by atoms with Crippen molar-refractivity contribution in [2.75, 3.05) is 46.5 Å². The van der Waals surface area contributed by atoms with Crippen molar-refractivity contribution in [3.05, 3.63) is 70.8 Å². The van der Waals surface area contributed by atoms with Crippen LogP contribution in [0.1, 0.15) is 29.2 Å². The van der Waals surface area contributed by atoms with Gasteiger partial charge in [-0.1, -0.05) is 42.0 Å². The number of Topliss-reactive ketones (excluding diaryl/α,β-unsaturated/α-hetero) is 1. The fourth-order valence-electron chi connectivity index (χ4n) is 4.55. The van der Waals surface area contributed by atoms with Gasteiger partial charge in [-0.15, -0.1) is 0 Å². The Morgan fingerprint density at radius 2 is 1.88 bits per heavy atom. The van der Waals surface area contributed by atoms with Gasteiger partial charge in [0.25, 0.3) is 11.7 Å². The second kappa shape index (κ2) is 10.2. The number of nitrogens with zero attached hydrogens (tertiary/aromatic N) is 1. The molecule has 0 bridgehead atoms. The second-order valence-electron chi connectivity index (χ2n) is 8.60. The molecule has 2 aliphatic heterocycles. The summed E-state index contributed by atoms with van der Waals surface area (Å²) in [5.74, 6) is -0.748. The number of hydrogen-bond donors (Lipinski definition) is 2. The highest BCUT2D eigenvalue weighted by atomic mass is 16.5. The van der Waals surface area contributed by atoms with Crippen molar-refractivity contribution >= 4 is 17.4 Å². The molecule has 0 aliphatic carbocycles. The molecule has 33 heavy (non-hydrogen) atoms. The zero-order chi connectivity index (χ0) is 23.4. The van der Waals surface area contributed by atoms with Crippen LogP contribution in [0.15, 0.2) is 54.1 Å². The number of methoxy groups -OCH3 is 1. The Morgan fingerprint density at radius 3 is 2.58 bits per heavy atom. The molecule has 2 aromatic carbocycles. The summed E-state index contributed by atoms with van der Waals surface area (Å²) in [6.07, 6.45) is 0.757. The molecule has 2 heterocycles. The van der Waals surface area contributed by atoms with Crippen molar-refractivity contribution in [3.8, 4) is 5.75 Å². The summed E-state index contributed by atoms with van der Waals surface area (Å²) >= 11 is 0. The topological polar surface area (TPSA) is 80.5 Å². The SMILES string of the molecule is COc1cccc(C2C(=C(O)c3ccc(C)cc3)C(=O)C(=O)N2CCC[NH+]2CCOCC2)c1. The molecule has 0 spiro atoms. The molecule has 7 nitrogen and oxygen atoms in total. The number of quaternary nitrogens is 1. The highest BCUT2D eigenvalue weighted by Gasteiger charge is 2.46. The highest BCUT2D eigenvalue weighted by molar-refractivity contribution is 6.46. The van der Waals surface area contributed by atoms with Crippen molar-refractivity contribution in [2.45, 2.75) is 19.4 Å². The molecule has 1 amide bonds. The molecule has 7 heteroatoms. The number of morpholine rings is 1. The number of rotatable bonds is 7. The lowest BCUT2D eigenvalue weighted by molar-refractivity contribution is -0.908. The van der Waals surface area contributed by atoms with Crippen LogP contribution in [0.25, 0.3) is 5.76 Å². The van der Waals surface area contributed by atoms with Crippen molar-refractivity contribution in [1.82, 2.24) is 4.90 Å². The minimum Gasteiger partial charge on any atom is -0.507 e. The van der Waals surface area contributed by atoms with Gasteiger partial charge in [0.1, 0.15) is 24.6 Å². The lowest BCUT2D eigenvalue weighted by atomic mass is 9.95. The van der Waals surface area contributed by atoms with Crippen LogP contribution in [-0.4, -0.2) is 68.2 Å². The van der Waals surface area contributed by atoms with E-state index in [0.717, 1.165) is 50.4 Å². The number of likely N-dealkylation sites (tertiary alicyclic amines) is 1. The third-order valence-corrected chi connectivity index (χ3v) is 6.40. The van der Waals surface area contributed by atoms with Crippen LogP contribution in [0.4, 0.5) is 0 Å². The molecular formula is C26H31N2O5+. The van der Waals surface area contributed by atoms with Crippen LogP contribution in [0.3, 0.4) is 0 Å². The van der Waals surface area contributed by atoms with Gasteiger partial charge >= 0.3 is 0 Å². The van der Waals surface area contributed by atoms with Gasteiger partial charge in [-0.2, -0.15) is 0 Å². The Hall–Kier alpha value is -3.16. The predicted octanol–water partition coefficient (Wildman–Crippen LogP) is 1.73. The maximum Gasteiger partial charge on any atom is 0.295 e. The Labute approximate surface area is 194 Å². The van der Waals surface area contributed by atoms with Crippen molar-refractivity contribution in [3.63, 3.8) is 0 Å². The first-order valence-electron chi connectivity index (χ1n) is 11.4. The Balaban J connectivity index is 1.68. The van der Waals surface area contributed by atoms with E-state index in [9.17, 15) is 14.7 Å². The van der Waals surface area contributed by atoms with Crippen molar-refractivity contribution in [1.29, 1.82) is 0 Å². The summed E-state index contributed by atoms with van der Waals surface area (Å²) < 4.78 is 10.8. The van der Waals surface area contributed by atoms with Gasteiger partial charge in [0.15, 0.2) is 0 Å². The van der Waals surface area contributed by atoms with Crippen LogP contribution in [0.2, 0.25) is 0 Å². The van der Waals surface area contributed by atoms with E-state index in [1.165, 1.54) is 4.90 Å². The normalized spacial score (nSPS) is 20.9. The average molecular weight is 452 g/mol. The van der Waals surface area contributed by atoms with Gasteiger partial charge in [0.05, 0.1) is 38.5 Å². The first-order valence-corrected chi connectivity index (χ1v) is 11.4. The molecule has 1 unspecified atom stereocenters. The summed E-state index contributed by atoms with van der Waals surface area (Å²) in [7, 11) is 1.58. The van der Waals surface area contributed by atoms with E-state index in [2.05, 4.69) is 0 Å². The largest absolute Gasteiger partial charge is 0.507 e. The monoisotopic (exact) mass is 451 g/mol. The number of benzene rings is 2. The van der Waals surface area contributed by atoms with E-state index >= 15 is 0 Å². The lowest BCUT2D eigenvalue weighted by Gasteiger charge is -2.27. The molecule has 2 saturated heterocycles. The number of amides is 1. The predicted molar refractivity (Wildman–Crippen MR) is 124 cm³/mol. The van der Waals surface area contributed by atoms with Crippen LogP contribution in [0, 0.1) is 6.92 Å². The van der Waals surface area contributed by atoms with Crippen LogP contribution < -0.4 is 9.64 Å². The number of carbonyl (C=O) groups excluding carboxylic acids is 2. The quantitative estimate of drug-likeness (QED) is 0.381. The van der Waals surface area contributed by atoms with Crippen LogP contribution in [-0.2, 0) is 14.3 Å². The van der Waals surface area contributed by atoms with E-state index in [1.54, 1.807) is 24.1 Å². The van der Waals surface area contributed by atoms with E-state index in [-0.39, 0.29) is 11.3 Å². The number of ketones is 1. The number of ether oxygens (including phenoxy) is 2. The number of aryl methyl sites for hydroxylation is 1. The summed E-state index contributed by atoms with van der Waals surface area (Å²) in [6.45, 7) is 6.68. The first kappa shape index (κ1) is 23.0. The van der Waals surface area contributed by atoms with Crippen LogP contribution >= 0.6 is 0 Å². The Kier molecular flexibility index (Phi) is 7.11. The van der Waals surface area contributed by atoms with E-state index in [0.29, 0.717) is 17.9 Å². The third-order valence-electron chi connectivity index (χ3n) is 6.40. The second-order valence-corrected chi connectivity index (χ2v) is 8.60. The Morgan fingerprint density at radius 1 is 1.15 bits per heavy atom. The zero-order valence-corrected chi connectivity index (χ0v) is 19.2. The minimum atomic E-state index is -0.666. The zero-order valence-electron chi connectivity index (χ0n) is 19.2. The molecule has 1 atom stereocenters. The summed E-state index contributed by atoms with van der Waals surface area (Å²) in [4.78, 5) is 29.3. The Bertz CT molecular complexity index is 1040. The lowest BCUT2D eigenvalue weighted by Crippen LogP contribution is -3.14. The summed E-state index contributed by atoms with van der Waals surface area (Å²) in [6, 6.07) is 13.9. The number of aliphatic hydroxyl groups excluding tert-OH is 1.